The Morgan fingerprint density at radius 1 is 0.824 bits per heavy atom. The van der Waals surface area contributed by atoms with Gasteiger partial charge in [-0.2, -0.15) is 0 Å². The highest BCUT2D eigenvalue weighted by molar-refractivity contribution is 5.92. The van der Waals surface area contributed by atoms with E-state index in [9.17, 15) is 0 Å². The summed E-state index contributed by atoms with van der Waals surface area (Å²) in [6.45, 7) is 3.98. The van der Waals surface area contributed by atoms with Crippen LogP contribution >= 0.6 is 0 Å². The minimum Gasteiger partial charge on any atom is -0.496 e. The molecule has 3 aliphatic rings. The van der Waals surface area contributed by atoms with Crippen molar-refractivity contribution in [2.24, 2.45) is 0 Å². The molecule has 1 atom stereocenters. The molecule has 3 heterocycles. The van der Waals surface area contributed by atoms with Gasteiger partial charge in [-0.15, -0.1) is 0 Å². The van der Waals surface area contributed by atoms with Gasteiger partial charge in [-0.05, 0) is 67.9 Å². The minimum atomic E-state index is 0.317. The van der Waals surface area contributed by atoms with Crippen LogP contribution in [-0.2, 0) is 4.74 Å². The summed E-state index contributed by atoms with van der Waals surface area (Å²) < 4.78 is 11.2. The lowest BCUT2D eigenvalue weighted by Gasteiger charge is -2.34. The van der Waals surface area contributed by atoms with Gasteiger partial charge in [0.2, 0.25) is 0 Å². The second-order valence-electron chi connectivity index (χ2n) is 9.98. The average Bonchev–Trinajstić information content (AvgIpc) is 3.64. The number of ether oxygens (including phenoxy) is 2. The number of benzene rings is 2. The van der Waals surface area contributed by atoms with E-state index in [1.54, 1.807) is 7.11 Å². The fraction of sp³-hybridized carbons (Fsp3) is 0.500. The van der Waals surface area contributed by atoms with Gasteiger partial charge < -0.3 is 19.3 Å². The molecule has 6 rings (SSSR count). The Morgan fingerprint density at radius 3 is 2.35 bits per heavy atom. The van der Waals surface area contributed by atoms with Crippen molar-refractivity contribution < 1.29 is 9.47 Å². The van der Waals surface area contributed by atoms with Gasteiger partial charge in [0.25, 0.3) is 0 Å². The van der Waals surface area contributed by atoms with Crippen molar-refractivity contribution in [2.45, 2.75) is 50.0 Å². The summed E-state index contributed by atoms with van der Waals surface area (Å²) in [6, 6.07) is 15.2. The standard InChI is InChI=1S/C28H34N4O2/c1-33-22-13-16-32(18-22)21-9-10-25-24(17-21)28(30-27(29-25)20-7-8-20)31-14-11-19(12-15-31)23-5-3-4-6-26(23)34-2/h3-6,9-10,17,19-20,22H,7-8,11-16,18H2,1-2H3/t22-/m0/s1. The molecule has 0 radical (unpaired) electrons. The van der Waals surface area contributed by atoms with Crippen LogP contribution in [0.25, 0.3) is 10.9 Å². The fourth-order valence-electron chi connectivity index (χ4n) is 5.64. The minimum absolute atomic E-state index is 0.317. The van der Waals surface area contributed by atoms with E-state index in [2.05, 4.69) is 52.3 Å². The summed E-state index contributed by atoms with van der Waals surface area (Å²) in [5.41, 5.74) is 3.66. The smallest absolute Gasteiger partial charge is 0.140 e. The number of aromatic nitrogens is 2. The van der Waals surface area contributed by atoms with Gasteiger partial charge in [-0.1, -0.05) is 18.2 Å². The molecule has 1 saturated carbocycles. The Balaban J connectivity index is 1.30. The van der Waals surface area contributed by atoms with Crippen molar-refractivity contribution in [3.05, 3.63) is 53.9 Å². The lowest BCUT2D eigenvalue weighted by Crippen LogP contribution is -2.34. The lowest BCUT2D eigenvalue weighted by molar-refractivity contribution is 0.121. The van der Waals surface area contributed by atoms with Crippen LogP contribution in [0, 0.1) is 0 Å². The number of piperidine rings is 1. The maximum absolute atomic E-state index is 5.65. The Bertz CT molecular complexity index is 1170. The van der Waals surface area contributed by atoms with Crippen LogP contribution in [0.3, 0.4) is 0 Å². The molecule has 1 aromatic heterocycles. The molecule has 6 nitrogen and oxygen atoms in total. The summed E-state index contributed by atoms with van der Waals surface area (Å²) in [4.78, 5) is 15.1. The van der Waals surface area contributed by atoms with Gasteiger partial charge >= 0.3 is 0 Å². The second-order valence-corrected chi connectivity index (χ2v) is 9.98. The Hall–Kier alpha value is -2.86. The third-order valence-electron chi connectivity index (χ3n) is 7.84. The molecular weight excluding hydrogens is 424 g/mol. The average molecular weight is 459 g/mol. The third-order valence-corrected chi connectivity index (χ3v) is 7.84. The predicted octanol–water partition coefficient (Wildman–Crippen LogP) is 5.12. The highest BCUT2D eigenvalue weighted by Gasteiger charge is 2.30. The first-order chi connectivity index (χ1) is 16.7. The molecule has 0 spiro atoms. The number of anilines is 2. The van der Waals surface area contributed by atoms with Crippen LogP contribution in [0.2, 0.25) is 0 Å². The zero-order valence-corrected chi connectivity index (χ0v) is 20.2. The molecule has 2 aromatic carbocycles. The number of fused-ring (bicyclic) bond motifs is 1. The zero-order chi connectivity index (χ0) is 23.1. The van der Waals surface area contributed by atoms with Crippen LogP contribution in [-0.4, -0.2) is 56.5 Å². The molecule has 3 fully saturated rings. The number of rotatable bonds is 6. The van der Waals surface area contributed by atoms with Gasteiger partial charge in [-0.3, -0.25) is 0 Å². The van der Waals surface area contributed by atoms with E-state index in [1.165, 1.54) is 29.5 Å². The van der Waals surface area contributed by atoms with Crippen molar-refractivity contribution in [1.29, 1.82) is 0 Å². The van der Waals surface area contributed by atoms with E-state index in [4.69, 9.17) is 19.4 Å². The highest BCUT2D eigenvalue weighted by atomic mass is 16.5. The molecule has 34 heavy (non-hydrogen) atoms. The summed E-state index contributed by atoms with van der Waals surface area (Å²) >= 11 is 0. The van der Waals surface area contributed by atoms with Crippen LogP contribution in [0.1, 0.15) is 55.3 Å². The Labute approximate surface area is 201 Å². The molecule has 1 aliphatic carbocycles. The Morgan fingerprint density at radius 2 is 1.62 bits per heavy atom. The molecule has 0 amide bonds. The van der Waals surface area contributed by atoms with E-state index in [0.717, 1.165) is 68.3 Å². The first-order valence-electron chi connectivity index (χ1n) is 12.7. The number of para-hydroxylation sites is 1. The van der Waals surface area contributed by atoms with E-state index < -0.39 is 0 Å². The topological polar surface area (TPSA) is 50.7 Å². The lowest BCUT2D eigenvalue weighted by atomic mass is 9.88. The summed E-state index contributed by atoms with van der Waals surface area (Å²) in [6.07, 6.45) is 6.03. The molecule has 2 saturated heterocycles. The molecule has 0 unspecified atom stereocenters. The van der Waals surface area contributed by atoms with E-state index in [-0.39, 0.29) is 0 Å². The number of hydrogen-bond acceptors (Lipinski definition) is 6. The number of hydrogen-bond donors (Lipinski definition) is 0. The molecule has 3 aromatic rings. The number of nitrogens with zero attached hydrogens (tertiary/aromatic N) is 4. The van der Waals surface area contributed by atoms with E-state index >= 15 is 0 Å². The number of methoxy groups -OCH3 is 2. The van der Waals surface area contributed by atoms with Crippen molar-refractivity contribution >= 4 is 22.4 Å². The second kappa shape index (κ2) is 9.06. The van der Waals surface area contributed by atoms with Gasteiger partial charge in [0.15, 0.2) is 0 Å². The van der Waals surface area contributed by atoms with Crippen LogP contribution in [0.15, 0.2) is 42.5 Å². The van der Waals surface area contributed by atoms with Gasteiger partial charge in [0.1, 0.15) is 17.4 Å². The maximum atomic E-state index is 5.65. The SMILES string of the molecule is COc1ccccc1C1CCN(c2nc(C3CC3)nc3ccc(N4CC[C@H](OC)C4)cc23)CC1. The largest absolute Gasteiger partial charge is 0.496 e. The van der Waals surface area contributed by atoms with Crippen molar-refractivity contribution in [3.63, 3.8) is 0 Å². The molecule has 2 aliphatic heterocycles. The van der Waals surface area contributed by atoms with Crippen LogP contribution < -0.4 is 14.5 Å². The summed E-state index contributed by atoms with van der Waals surface area (Å²) in [7, 11) is 3.59. The maximum Gasteiger partial charge on any atom is 0.140 e. The normalized spacial score (nSPS) is 21.4. The van der Waals surface area contributed by atoms with Crippen molar-refractivity contribution in [2.75, 3.05) is 50.2 Å². The molecule has 0 bridgehead atoms. The predicted molar refractivity (Wildman–Crippen MR) is 136 cm³/mol. The zero-order valence-electron chi connectivity index (χ0n) is 20.2. The first kappa shape index (κ1) is 21.7. The van der Waals surface area contributed by atoms with Gasteiger partial charge in [-0.25, -0.2) is 9.97 Å². The first-order valence-corrected chi connectivity index (χ1v) is 12.7. The molecular formula is C28H34N4O2. The fourth-order valence-corrected chi connectivity index (χ4v) is 5.64. The quantitative estimate of drug-likeness (QED) is 0.511. The van der Waals surface area contributed by atoms with Gasteiger partial charge in [0.05, 0.1) is 18.7 Å². The van der Waals surface area contributed by atoms with E-state index in [0.29, 0.717) is 17.9 Å². The summed E-state index contributed by atoms with van der Waals surface area (Å²) in [5.74, 6) is 4.22. The van der Waals surface area contributed by atoms with Crippen molar-refractivity contribution in [3.8, 4) is 5.75 Å². The summed E-state index contributed by atoms with van der Waals surface area (Å²) in [5, 5.41) is 1.18. The van der Waals surface area contributed by atoms with Gasteiger partial charge in [0, 0.05) is 50.3 Å². The molecule has 178 valence electrons. The van der Waals surface area contributed by atoms with E-state index in [1.807, 2.05) is 7.11 Å². The monoisotopic (exact) mass is 458 g/mol. The third kappa shape index (κ3) is 4.09. The van der Waals surface area contributed by atoms with Crippen molar-refractivity contribution in [1.82, 2.24) is 9.97 Å². The van der Waals surface area contributed by atoms with Crippen LogP contribution in [0.5, 0.6) is 5.75 Å². The molecule has 6 heteroatoms. The molecule has 0 N–H and O–H groups in total. The van der Waals surface area contributed by atoms with Crippen LogP contribution in [0.4, 0.5) is 11.5 Å². The highest BCUT2D eigenvalue weighted by Crippen LogP contribution is 2.42. The Kier molecular flexibility index (Phi) is 5.77.